The van der Waals surface area contributed by atoms with E-state index in [1.807, 2.05) is 50.2 Å². The van der Waals surface area contributed by atoms with Crippen molar-refractivity contribution in [2.24, 2.45) is 4.99 Å². The second-order valence-corrected chi connectivity index (χ2v) is 9.66. The van der Waals surface area contributed by atoms with Crippen LogP contribution in [0.3, 0.4) is 0 Å². The van der Waals surface area contributed by atoms with E-state index < -0.39 is 15.7 Å². The molecule has 7 heteroatoms. The molecule has 1 N–H and O–H groups in total. The average Bonchev–Trinajstić information content (AvgIpc) is 3.04. The van der Waals surface area contributed by atoms with Crippen LogP contribution >= 0.6 is 0 Å². The first-order valence-corrected chi connectivity index (χ1v) is 11.4. The Labute approximate surface area is 171 Å². The van der Waals surface area contributed by atoms with Gasteiger partial charge in [-0.3, -0.25) is 9.79 Å². The highest BCUT2D eigenvalue weighted by molar-refractivity contribution is 7.89. The summed E-state index contributed by atoms with van der Waals surface area (Å²) < 4.78 is 27.5. The van der Waals surface area contributed by atoms with E-state index in [1.165, 1.54) is 4.31 Å². The highest BCUT2D eigenvalue weighted by Gasteiger charge is 2.44. The predicted octanol–water partition coefficient (Wildman–Crippen LogP) is 2.66. The molecule has 2 aliphatic rings. The number of piperidine rings is 1. The van der Waals surface area contributed by atoms with Gasteiger partial charge in [0.2, 0.25) is 10.0 Å². The molecule has 29 heavy (non-hydrogen) atoms. The number of aliphatic imine (C=N–C) groups is 1. The van der Waals surface area contributed by atoms with Crippen LogP contribution in [0, 0.1) is 6.92 Å². The van der Waals surface area contributed by atoms with Gasteiger partial charge in [-0.05, 0) is 37.1 Å². The molecule has 0 radical (unpaired) electrons. The third kappa shape index (κ3) is 3.72. The average molecular weight is 412 g/mol. The zero-order valence-corrected chi connectivity index (χ0v) is 17.5. The predicted molar refractivity (Wildman–Crippen MR) is 112 cm³/mol. The van der Waals surface area contributed by atoms with Crippen molar-refractivity contribution in [1.82, 2.24) is 9.62 Å². The van der Waals surface area contributed by atoms with Crippen molar-refractivity contribution in [3.8, 4) is 0 Å². The molecule has 0 unspecified atom stereocenters. The van der Waals surface area contributed by atoms with Gasteiger partial charge in [-0.15, -0.1) is 0 Å². The standard InChI is InChI=1S/C22H25N3O3S/c1-3-17-7-9-19(10-8-17)29(27,28)25-13-11-22(12-14-25)23-20(21(26)24-22)18-6-4-5-16(2)15-18/h4-10,15H,3,11-14H2,1-2H3,(H,24,26). The molecule has 2 heterocycles. The monoisotopic (exact) mass is 411 g/mol. The van der Waals surface area contributed by atoms with Gasteiger partial charge in [0.25, 0.3) is 5.91 Å². The lowest BCUT2D eigenvalue weighted by Gasteiger charge is -2.36. The number of sulfonamides is 1. The van der Waals surface area contributed by atoms with Crippen LogP contribution < -0.4 is 5.32 Å². The number of carbonyl (C=O) groups is 1. The number of amides is 1. The molecule has 2 aromatic carbocycles. The zero-order chi connectivity index (χ0) is 20.6. The number of carbonyl (C=O) groups excluding carboxylic acids is 1. The van der Waals surface area contributed by atoms with Crippen LogP contribution in [0.2, 0.25) is 0 Å². The molecule has 2 aromatic rings. The van der Waals surface area contributed by atoms with Crippen molar-refractivity contribution in [3.05, 3.63) is 65.2 Å². The summed E-state index contributed by atoms with van der Waals surface area (Å²) in [5.41, 5.74) is 2.68. The number of nitrogens with one attached hydrogen (secondary N) is 1. The van der Waals surface area contributed by atoms with Gasteiger partial charge in [-0.2, -0.15) is 4.31 Å². The summed E-state index contributed by atoms with van der Waals surface area (Å²) in [6.07, 6.45) is 1.79. The second-order valence-electron chi connectivity index (χ2n) is 7.72. The third-order valence-electron chi connectivity index (χ3n) is 5.70. The maximum absolute atomic E-state index is 13.0. The number of hydrogen-bond donors (Lipinski definition) is 1. The summed E-state index contributed by atoms with van der Waals surface area (Å²) in [6.45, 7) is 4.66. The van der Waals surface area contributed by atoms with E-state index in [-0.39, 0.29) is 5.91 Å². The summed E-state index contributed by atoms with van der Waals surface area (Å²) >= 11 is 0. The molecular formula is C22H25N3O3S. The van der Waals surface area contributed by atoms with Gasteiger partial charge in [0.05, 0.1) is 4.90 Å². The molecular weight excluding hydrogens is 386 g/mol. The van der Waals surface area contributed by atoms with E-state index in [0.29, 0.717) is 36.5 Å². The van der Waals surface area contributed by atoms with Crippen LogP contribution in [-0.4, -0.2) is 43.1 Å². The zero-order valence-electron chi connectivity index (χ0n) is 16.7. The van der Waals surface area contributed by atoms with Gasteiger partial charge >= 0.3 is 0 Å². The molecule has 0 aromatic heterocycles. The van der Waals surface area contributed by atoms with E-state index in [4.69, 9.17) is 4.99 Å². The molecule has 0 aliphatic carbocycles. The van der Waals surface area contributed by atoms with E-state index in [1.54, 1.807) is 12.1 Å². The molecule has 4 rings (SSSR count). The molecule has 0 bridgehead atoms. The van der Waals surface area contributed by atoms with Crippen LogP contribution in [0.1, 0.15) is 36.5 Å². The first-order valence-electron chi connectivity index (χ1n) is 9.91. The van der Waals surface area contributed by atoms with Crippen LogP contribution in [0.15, 0.2) is 58.4 Å². The van der Waals surface area contributed by atoms with Gasteiger partial charge < -0.3 is 5.32 Å². The quantitative estimate of drug-likeness (QED) is 0.840. The molecule has 6 nitrogen and oxygen atoms in total. The Morgan fingerprint density at radius 2 is 1.79 bits per heavy atom. The lowest BCUT2D eigenvalue weighted by molar-refractivity contribution is -0.115. The minimum absolute atomic E-state index is 0.193. The minimum atomic E-state index is -3.55. The van der Waals surface area contributed by atoms with Crippen LogP contribution in [0.25, 0.3) is 0 Å². The van der Waals surface area contributed by atoms with E-state index in [0.717, 1.165) is 23.1 Å². The Hall–Kier alpha value is -2.51. The smallest absolute Gasteiger partial charge is 0.272 e. The highest BCUT2D eigenvalue weighted by atomic mass is 32.2. The number of aryl methyl sites for hydroxylation is 2. The summed E-state index contributed by atoms with van der Waals surface area (Å²) in [5, 5.41) is 3.00. The van der Waals surface area contributed by atoms with E-state index >= 15 is 0 Å². The molecule has 1 spiro atoms. The lowest BCUT2D eigenvalue weighted by Crippen LogP contribution is -2.52. The summed E-state index contributed by atoms with van der Waals surface area (Å²) in [5.74, 6) is -0.193. The molecule has 1 amide bonds. The van der Waals surface area contributed by atoms with Crippen molar-refractivity contribution in [2.45, 2.75) is 43.7 Å². The lowest BCUT2D eigenvalue weighted by atomic mass is 10.00. The Bertz CT molecular complexity index is 1070. The molecule has 0 saturated carbocycles. The topological polar surface area (TPSA) is 78.8 Å². The van der Waals surface area contributed by atoms with Gasteiger partial charge in [0, 0.05) is 31.5 Å². The highest BCUT2D eigenvalue weighted by Crippen LogP contribution is 2.31. The number of rotatable bonds is 4. The first-order chi connectivity index (χ1) is 13.8. The third-order valence-corrected chi connectivity index (χ3v) is 7.61. The molecule has 152 valence electrons. The van der Waals surface area contributed by atoms with Crippen molar-refractivity contribution in [2.75, 3.05) is 13.1 Å². The van der Waals surface area contributed by atoms with Crippen LogP contribution in [-0.2, 0) is 21.2 Å². The molecule has 1 fully saturated rings. The fourth-order valence-electron chi connectivity index (χ4n) is 3.93. The molecule has 2 aliphatic heterocycles. The fourth-order valence-corrected chi connectivity index (χ4v) is 5.37. The van der Waals surface area contributed by atoms with E-state index in [2.05, 4.69) is 5.32 Å². The Morgan fingerprint density at radius 1 is 1.10 bits per heavy atom. The van der Waals surface area contributed by atoms with Crippen molar-refractivity contribution in [1.29, 1.82) is 0 Å². The second kappa shape index (κ2) is 7.39. The fraction of sp³-hybridized carbons (Fsp3) is 0.364. The van der Waals surface area contributed by atoms with Gasteiger partial charge in [0.1, 0.15) is 11.4 Å². The van der Waals surface area contributed by atoms with Gasteiger partial charge in [-0.25, -0.2) is 8.42 Å². The number of nitrogens with zero attached hydrogens (tertiary/aromatic N) is 2. The molecule has 0 atom stereocenters. The molecule has 1 saturated heterocycles. The Kier molecular flexibility index (Phi) is 5.04. The van der Waals surface area contributed by atoms with E-state index in [9.17, 15) is 13.2 Å². The van der Waals surface area contributed by atoms with Gasteiger partial charge in [0.15, 0.2) is 0 Å². The summed E-state index contributed by atoms with van der Waals surface area (Å²) in [6, 6.07) is 14.8. The van der Waals surface area contributed by atoms with Crippen molar-refractivity contribution in [3.63, 3.8) is 0 Å². The maximum atomic E-state index is 13.0. The largest absolute Gasteiger partial charge is 0.326 e. The number of hydrogen-bond acceptors (Lipinski definition) is 4. The number of benzene rings is 2. The van der Waals surface area contributed by atoms with Crippen molar-refractivity contribution < 1.29 is 13.2 Å². The summed E-state index contributed by atoms with van der Waals surface area (Å²) in [7, 11) is -3.55. The Balaban J connectivity index is 1.52. The van der Waals surface area contributed by atoms with Crippen LogP contribution in [0.4, 0.5) is 0 Å². The maximum Gasteiger partial charge on any atom is 0.272 e. The first kappa shape index (κ1) is 19.8. The summed E-state index contributed by atoms with van der Waals surface area (Å²) in [4.78, 5) is 17.6. The van der Waals surface area contributed by atoms with Gasteiger partial charge in [-0.1, -0.05) is 42.8 Å². The van der Waals surface area contributed by atoms with Crippen molar-refractivity contribution >= 4 is 21.6 Å². The minimum Gasteiger partial charge on any atom is -0.326 e. The Morgan fingerprint density at radius 3 is 2.41 bits per heavy atom. The van der Waals surface area contributed by atoms with Crippen LogP contribution in [0.5, 0.6) is 0 Å². The normalized spacial score (nSPS) is 19.2. The SMILES string of the molecule is CCc1ccc(S(=O)(=O)N2CCC3(CC2)N=C(c2cccc(C)c2)C(=O)N3)cc1.